The molecule has 0 bridgehead atoms. The van der Waals surface area contributed by atoms with E-state index in [-0.39, 0.29) is 0 Å². The van der Waals surface area contributed by atoms with E-state index in [0.717, 1.165) is 5.82 Å². The van der Waals surface area contributed by atoms with Crippen molar-refractivity contribution in [3.63, 3.8) is 0 Å². The van der Waals surface area contributed by atoms with Crippen molar-refractivity contribution in [2.45, 2.75) is 51.5 Å². The third-order valence-corrected chi connectivity index (χ3v) is 3.42. The lowest BCUT2D eigenvalue weighted by molar-refractivity contribution is 0.0943. The Hall–Kier alpha value is -0.860. The summed E-state index contributed by atoms with van der Waals surface area (Å²) in [5.74, 6) is 1.76. The number of aromatic nitrogens is 3. The Bertz CT molecular complexity index is 341. The van der Waals surface area contributed by atoms with Gasteiger partial charge >= 0.3 is 0 Å². The zero-order valence-electron chi connectivity index (χ0n) is 8.90. The lowest BCUT2D eigenvalue weighted by atomic mass is 9.68. The van der Waals surface area contributed by atoms with Crippen LogP contribution in [0.1, 0.15) is 57.3 Å². The average Bonchev–Trinajstić information content (AvgIpc) is 2.80. The van der Waals surface area contributed by atoms with Gasteiger partial charge in [0.05, 0.1) is 6.04 Å². The maximum atomic E-state index is 4.57. The summed E-state index contributed by atoms with van der Waals surface area (Å²) in [6.07, 6.45) is 7.01. The molecule has 1 heterocycles. The monoisotopic (exact) mass is 191 g/mol. The van der Waals surface area contributed by atoms with Crippen LogP contribution in [-0.2, 0) is 0 Å². The van der Waals surface area contributed by atoms with E-state index in [0.29, 0.717) is 17.4 Å². The SMILES string of the molecule is CC1(C)CC(n2cnc(C3CC3)n2)C1. The fourth-order valence-corrected chi connectivity index (χ4v) is 2.40. The van der Waals surface area contributed by atoms with Gasteiger partial charge in [-0.05, 0) is 31.1 Å². The number of hydrogen-bond acceptors (Lipinski definition) is 2. The first-order valence-electron chi connectivity index (χ1n) is 5.55. The molecule has 0 N–H and O–H groups in total. The van der Waals surface area contributed by atoms with Crippen LogP contribution in [0, 0.1) is 5.41 Å². The summed E-state index contributed by atoms with van der Waals surface area (Å²) in [5.41, 5.74) is 0.524. The molecule has 0 amide bonds. The van der Waals surface area contributed by atoms with Gasteiger partial charge in [-0.15, -0.1) is 0 Å². The van der Waals surface area contributed by atoms with Gasteiger partial charge < -0.3 is 0 Å². The normalized spacial score (nSPS) is 26.1. The van der Waals surface area contributed by atoms with Gasteiger partial charge in [0.15, 0.2) is 5.82 Å². The van der Waals surface area contributed by atoms with Crippen LogP contribution < -0.4 is 0 Å². The highest BCUT2D eigenvalue weighted by molar-refractivity contribution is 5.03. The van der Waals surface area contributed by atoms with E-state index in [4.69, 9.17) is 0 Å². The van der Waals surface area contributed by atoms with Crippen molar-refractivity contribution in [2.75, 3.05) is 0 Å². The Morgan fingerprint density at radius 3 is 2.64 bits per heavy atom. The van der Waals surface area contributed by atoms with E-state index in [2.05, 4.69) is 28.6 Å². The van der Waals surface area contributed by atoms with Crippen molar-refractivity contribution < 1.29 is 0 Å². The Labute approximate surface area is 84.5 Å². The van der Waals surface area contributed by atoms with Crippen molar-refractivity contribution in [2.24, 2.45) is 5.41 Å². The molecule has 2 fully saturated rings. The van der Waals surface area contributed by atoms with Gasteiger partial charge in [0.2, 0.25) is 0 Å². The number of nitrogens with zero attached hydrogens (tertiary/aromatic N) is 3. The quantitative estimate of drug-likeness (QED) is 0.719. The molecule has 3 rings (SSSR count). The summed E-state index contributed by atoms with van der Waals surface area (Å²) in [4.78, 5) is 4.38. The van der Waals surface area contributed by atoms with Gasteiger partial charge in [-0.25, -0.2) is 9.67 Å². The summed E-state index contributed by atoms with van der Waals surface area (Å²) >= 11 is 0. The molecule has 0 aliphatic heterocycles. The third-order valence-electron chi connectivity index (χ3n) is 3.42. The summed E-state index contributed by atoms with van der Waals surface area (Å²) in [6, 6.07) is 0.616. The highest BCUT2D eigenvalue weighted by Crippen LogP contribution is 2.47. The fraction of sp³-hybridized carbons (Fsp3) is 0.818. The van der Waals surface area contributed by atoms with Crippen molar-refractivity contribution in [3.05, 3.63) is 12.2 Å². The van der Waals surface area contributed by atoms with Crippen molar-refractivity contribution in [1.82, 2.24) is 14.8 Å². The first-order valence-corrected chi connectivity index (χ1v) is 5.55. The lowest BCUT2D eigenvalue weighted by Crippen LogP contribution is -2.33. The topological polar surface area (TPSA) is 30.7 Å². The van der Waals surface area contributed by atoms with E-state index < -0.39 is 0 Å². The molecule has 1 aromatic heterocycles. The summed E-state index contributed by atoms with van der Waals surface area (Å²) in [6.45, 7) is 4.64. The Morgan fingerprint density at radius 2 is 2.07 bits per heavy atom. The summed E-state index contributed by atoms with van der Waals surface area (Å²) < 4.78 is 2.08. The molecule has 0 saturated heterocycles. The van der Waals surface area contributed by atoms with Crippen LogP contribution in [0.2, 0.25) is 0 Å². The second-order valence-electron chi connectivity index (χ2n) is 5.58. The standard InChI is InChI=1S/C11H17N3/c1-11(2)5-9(6-11)14-7-12-10(13-14)8-3-4-8/h7-9H,3-6H2,1-2H3. The first-order chi connectivity index (χ1) is 6.64. The van der Waals surface area contributed by atoms with Crippen molar-refractivity contribution in [1.29, 1.82) is 0 Å². The van der Waals surface area contributed by atoms with E-state index >= 15 is 0 Å². The van der Waals surface area contributed by atoms with Crippen LogP contribution in [0.5, 0.6) is 0 Å². The average molecular weight is 191 g/mol. The molecule has 1 aromatic rings. The smallest absolute Gasteiger partial charge is 0.153 e. The van der Waals surface area contributed by atoms with Gasteiger partial charge in [-0.2, -0.15) is 5.10 Å². The molecule has 2 saturated carbocycles. The predicted molar refractivity (Wildman–Crippen MR) is 54.0 cm³/mol. The minimum atomic E-state index is 0.524. The zero-order chi connectivity index (χ0) is 9.76. The molecule has 2 aliphatic carbocycles. The maximum Gasteiger partial charge on any atom is 0.153 e. The Balaban J connectivity index is 1.72. The van der Waals surface area contributed by atoms with Gasteiger partial charge in [0.1, 0.15) is 6.33 Å². The van der Waals surface area contributed by atoms with Crippen LogP contribution in [0.4, 0.5) is 0 Å². The second-order valence-corrected chi connectivity index (χ2v) is 5.58. The molecule has 3 nitrogen and oxygen atoms in total. The van der Waals surface area contributed by atoms with Crippen LogP contribution in [0.15, 0.2) is 6.33 Å². The highest BCUT2D eigenvalue weighted by atomic mass is 15.4. The van der Waals surface area contributed by atoms with E-state index in [1.165, 1.54) is 25.7 Å². The van der Waals surface area contributed by atoms with Crippen molar-refractivity contribution >= 4 is 0 Å². The Kier molecular flexibility index (Phi) is 1.56. The van der Waals surface area contributed by atoms with Crippen LogP contribution in [-0.4, -0.2) is 14.8 Å². The third kappa shape index (κ3) is 1.35. The molecule has 0 atom stereocenters. The molecule has 0 spiro atoms. The largest absolute Gasteiger partial charge is 0.250 e. The van der Waals surface area contributed by atoms with Gasteiger partial charge in [-0.3, -0.25) is 0 Å². The molecule has 2 aliphatic rings. The second kappa shape index (κ2) is 2.59. The van der Waals surface area contributed by atoms with E-state index in [9.17, 15) is 0 Å². The summed E-state index contributed by atoms with van der Waals surface area (Å²) in [7, 11) is 0. The van der Waals surface area contributed by atoms with Gasteiger partial charge in [-0.1, -0.05) is 13.8 Å². The number of rotatable bonds is 2. The first kappa shape index (κ1) is 8.45. The summed E-state index contributed by atoms with van der Waals surface area (Å²) in [5, 5.41) is 4.57. The number of hydrogen-bond donors (Lipinski definition) is 0. The minimum absolute atomic E-state index is 0.524. The predicted octanol–water partition coefficient (Wildman–Crippen LogP) is 2.52. The molecule has 3 heteroatoms. The molecular formula is C11H17N3. The van der Waals surface area contributed by atoms with Crippen LogP contribution in [0.25, 0.3) is 0 Å². The Morgan fingerprint density at radius 1 is 1.36 bits per heavy atom. The van der Waals surface area contributed by atoms with Crippen LogP contribution in [0.3, 0.4) is 0 Å². The van der Waals surface area contributed by atoms with Crippen molar-refractivity contribution in [3.8, 4) is 0 Å². The molecular weight excluding hydrogens is 174 g/mol. The van der Waals surface area contributed by atoms with E-state index in [1.807, 2.05) is 6.33 Å². The maximum absolute atomic E-state index is 4.57. The molecule has 14 heavy (non-hydrogen) atoms. The molecule has 0 aromatic carbocycles. The van der Waals surface area contributed by atoms with Gasteiger partial charge in [0, 0.05) is 5.92 Å². The van der Waals surface area contributed by atoms with Gasteiger partial charge in [0.25, 0.3) is 0 Å². The minimum Gasteiger partial charge on any atom is -0.250 e. The molecule has 0 unspecified atom stereocenters. The zero-order valence-corrected chi connectivity index (χ0v) is 8.90. The molecule has 0 radical (unpaired) electrons. The lowest BCUT2D eigenvalue weighted by Gasteiger charge is -2.42. The highest BCUT2D eigenvalue weighted by Gasteiger charge is 2.38. The molecule has 76 valence electrons. The van der Waals surface area contributed by atoms with Crippen LogP contribution >= 0.6 is 0 Å². The fourth-order valence-electron chi connectivity index (χ4n) is 2.40. The van der Waals surface area contributed by atoms with E-state index in [1.54, 1.807) is 0 Å².